The van der Waals surface area contributed by atoms with E-state index in [-0.39, 0.29) is 29.6 Å². The molecule has 0 spiro atoms. The normalized spacial score (nSPS) is 13.8. The minimum atomic E-state index is 0. The van der Waals surface area contributed by atoms with Gasteiger partial charge in [0, 0.05) is 37.3 Å². The van der Waals surface area contributed by atoms with Crippen molar-refractivity contribution in [3.8, 4) is 11.3 Å². The van der Waals surface area contributed by atoms with Crippen LogP contribution in [0.5, 0.6) is 0 Å². The van der Waals surface area contributed by atoms with E-state index in [2.05, 4.69) is 46.9 Å². The largest absolute Gasteiger partial charge is 1.00 e. The molecule has 1 fully saturated rings. The molecule has 0 bridgehead atoms. The number of hydrogen-bond donors (Lipinski definition) is 0. The quantitative estimate of drug-likeness (QED) is 0.531. The van der Waals surface area contributed by atoms with Crippen LogP contribution in [-0.2, 0) is 0 Å². The van der Waals surface area contributed by atoms with Gasteiger partial charge >= 0.3 is 29.6 Å². The molecule has 3 aromatic rings. The van der Waals surface area contributed by atoms with E-state index in [0.29, 0.717) is 5.02 Å². The van der Waals surface area contributed by atoms with E-state index in [0.717, 1.165) is 27.7 Å². The van der Waals surface area contributed by atoms with Gasteiger partial charge in [0.05, 0.1) is 16.2 Å². The summed E-state index contributed by atoms with van der Waals surface area (Å²) in [6.07, 6.45) is 9.06. The van der Waals surface area contributed by atoms with Crippen molar-refractivity contribution in [2.75, 3.05) is 33.2 Å². The Bertz CT molecular complexity index is 1010. The standard InChI is InChI=1S/C15H10ClN2.C11H22N2.Na/c1-2-10-3-4-12-13(16)8-14(18-15(12)7-10)11-5-6-17-9-11;1-4-5-6-11(2)13-9-7-12(3)8-10-13;/h2-9H,1H2;2,4-10H2,1,3H3;/q-1;;+1. The SMILES string of the molecule is C=C(CCCC)N1CCN(C)CC1.C=Cc1ccc2c(Cl)cc(-c3cc[n-]c3)nc2c1.[Na+]. The third-order valence-electron chi connectivity index (χ3n) is 5.64. The Morgan fingerprint density at radius 1 is 1.19 bits per heavy atom. The van der Waals surface area contributed by atoms with Crippen molar-refractivity contribution in [3.63, 3.8) is 0 Å². The van der Waals surface area contributed by atoms with E-state index in [4.69, 9.17) is 11.6 Å². The van der Waals surface area contributed by atoms with E-state index in [9.17, 15) is 0 Å². The monoisotopic (exact) mass is 458 g/mol. The number of hydrogen-bond acceptors (Lipinski definition) is 3. The van der Waals surface area contributed by atoms with Gasteiger partial charge in [-0.25, -0.2) is 4.98 Å². The molecule has 4 rings (SSSR count). The summed E-state index contributed by atoms with van der Waals surface area (Å²) in [5.74, 6) is 0. The molecular formula is C26H32ClN4Na. The fraction of sp³-hybridized carbons (Fsp3) is 0.346. The molecule has 32 heavy (non-hydrogen) atoms. The van der Waals surface area contributed by atoms with Crippen molar-refractivity contribution in [2.24, 2.45) is 0 Å². The molecule has 0 unspecified atom stereocenters. The minimum absolute atomic E-state index is 0. The first-order valence-corrected chi connectivity index (χ1v) is 11.3. The molecule has 0 amide bonds. The third-order valence-corrected chi connectivity index (χ3v) is 5.95. The molecule has 1 aromatic carbocycles. The predicted molar refractivity (Wildman–Crippen MR) is 133 cm³/mol. The minimum Gasteiger partial charge on any atom is -0.670 e. The van der Waals surface area contributed by atoms with E-state index in [1.165, 1.54) is 51.1 Å². The van der Waals surface area contributed by atoms with Gasteiger partial charge in [0.2, 0.25) is 0 Å². The summed E-state index contributed by atoms with van der Waals surface area (Å²) in [4.78, 5) is 13.5. The number of pyridine rings is 1. The zero-order chi connectivity index (χ0) is 22.2. The Kier molecular flexibility index (Phi) is 11.0. The van der Waals surface area contributed by atoms with Crippen LogP contribution in [-0.4, -0.2) is 48.0 Å². The Morgan fingerprint density at radius 3 is 2.56 bits per heavy atom. The van der Waals surface area contributed by atoms with Gasteiger partial charge in [-0.1, -0.05) is 62.4 Å². The summed E-state index contributed by atoms with van der Waals surface area (Å²) in [6.45, 7) is 14.8. The molecule has 0 atom stereocenters. The summed E-state index contributed by atoms with van der Waals surface area (Å²) < 4.78 is 0. The number of aromatic nitrogens is 2. The number of likely N-dealkylation sites (N-methyl/N-ethyl adjacent to an activating group) is 1. The van der Waals surface area contributed by atoms with Gasteiger partial charge in [0.25, 0.3) is 0 Å². The number of rotatable bonds is 6. The molecule has 4 nitrogen and oxygen atoms in total. The maximum absolute atomic E-state index is 6.29. The topological polar surface area (TPSA) is 33.5 Å². The van der Waals surface area contributed by atoms with Gasteiger partial charge in [-0.2, -0.15) is 12.4 Å². The molecule has 0 aliphatic carbocycles. The van der Waals surface area contributed by atoms with E-state index < -0.39 is 0 Å². The summed E-state index contributed by atoms with van der Waals surface area (Å²) in [5, 5.41) is 1.65. The number of unbranched alkanes of at least 4 members (excludes halogenated alkanes) is 1. The molecular weight excluding hydrogens is 427 g/mol. The molecule has 0 saturated carbocycles. The van der Waals surface area contributed by atoms with E-state index in [1.807, 2.05) is 30.3 Å². The van der Waals surface area contributed by atoms with Gasteiger partial charge < -0.3 is 14.8 Å². The molecule has 2 aromatic heterocycles. The zero-order valence-corrected chi connectivity index (χ0v) is 22.4. The molecule has 164 valence electrons. The van der Waals surface area contributed by atoms with E-state index in [1.54, 1.807) is 18.5 Å². The molecule has 1 aliphatic rings. The van der Waals surface area contributed by atoms with Crippen molar-refractivity contribution < 1.29 is 29.6 Å². The summed E-state index contributed by atoms with van der Waals surface area (Å²) in [5.41, 5.74) is 5.06. The van der Waals surface area contributed by atoms with Crippen LogP contribution in [0.1, 0.15) is 31.7 Å². The van der Waals surface area contributed by atoms with Crippen molar-refractivity contribution in [3.05, 3.63) is 72.2 Å². The predicted octanol–water partition coefficient (Wildman–Crippen LogP) is 3.10. The van der Waals surface area contributed by atoms with Crippen molar-refractivity contribution in [1.82, 2.24) is 19.8 Å². The Labute approximate surface area is 219 Å². The van der Waals surface area contributed by atoms with Crippen LogP contribution in [0.15, 0.2) is 61.6 Å². The number of benzene rings is 1. The average Bonchev–Trinajstić information content (AvgIpc) is 3.33. The Morgan fingerprint density at radius 2 is 1.94 bits per heavy atom. The average molecular weight is 459 g/mol. The van der Waals surface area contributed by atoms with Crippen molar-refractivity contribution in [2.45, 2.75) is 26.2 Å². The Hall–Kier alpha value is -1.56. The van der Waals surface area contributed by atoms with Crippen LogP contribution >= 0.6 is 11.6 Å². The fourth-order valence-corrected chi connectivity index (χ4v) is 3.84. The maximum atomic E-state index is 6.29. The van der Waals surface area contributed by atoms with Crippen LogP contribution in [0, 0.1) is 0 Å². The summed E-state index contributed by atoms with van der Waals surface area (Å²) >= 11 is 6.29. The second-order valence-corrected chi connectivity index (χ2v) is 8.39. The van der Waals surface area contributed by atoms with Gasteiger partial charge in [-0.3, -0.25) is 0 Å². The summed E-state index contributed by atoms with van der Waals surface area (Å²) in [7, 11) is 2.19. The smallest absolute Gasteiger partial charge is 0.670 e. The van der Waals surface area contributed by atoms with Crippen LogP contribution in [0.3, 0.4) is 0 Å². The molecule has 1 saturated heterocycles. The molecule has 6 heteroatoms. The van der Waals surface area contributed by atoms with Crippen LogP contribution in [0.25, 0.3) is 28.2 Å². The number of nitrogens with zero attached hydrogens (tertiary/aromatic N) is 4. The van der Waals surface area contributed by atoms with Gasteiger partial charge in [-0.15, -0.1) is 0 Å². The number of fused-ring (bicyclic) bond motifs is 1. The van der Waals surface area contributed by atoms with Crippen LogP contribution in [0.2, 0.25) is 5.02 Å². The van der Waals surface area contributed by atoms with Crippen LogP contribution < -0.4 is 34.5 Å². The molecule has 3 heterocycles. The first-order chi connectivity index (χ1) is 15.0. The zero-order valence-electron chi connectivity index (χ0n) is 19.6. The maximum Gasteiger partial charge on any atom is 1.00 e. The molecule has 1 aliphatic heterocycles. The second-order valence-electron chi connectivity index (χ2n) is 7.98. The molecule has 0 N–H and O–H groups in total. The van der Waals surface area contributed by atoms with Gasteiger partial charge in [0.15, 0.2) is 0 Å². The van der Waals surface area contributed by atoms with E-state index >= 15 is 0 Å². The number of allylic oxidation sites excluding steroid dienone is 1. The number of halogens is 1. The molecule has 0 radical (unpaired) electrons. The summed E-state index contributed by atoms with van der Waals surface area (Å²) in [6, 6.07) is 9.71. The number of piperazine rings is 1. The second kappa shape index (κ2) is 13.2. The van der Waals surface area contributed by atoms with Crippen LogP contribution in [0.4, 0.5) is 0 Å². The first kappa shape index (κ1) is 26.7. The van der Waals surface area contributed by atoms with Gasteiger partial charge in [-0.05, 0) is 43.1 Å². The van der Waals surface area contributed by atoms with Crippen molar-refractivity contribution in [1.29, 1.82) is 0 Å². The fourth-order valence-electron chi connectivity index (χ4n) is 3.58. The first-order valence-electron chi connectivity index (χ1n) is 10.9. The van der Waals surface area contributed by atoms with Crippen molar-refractivity contribution >= 4 is 28.6 Å². The third kappa shape index (κ3) is 7.23. The Balaban J connectivity index is 0.000000232. The van der Waals surface area contributed by atoms with Gasteiger partial charge in [0.1, 0.15) is 0 Å².